The molecule has 0 fully saturated rings. The van der Waals surface area contributed by atoms with E-state index in [0.717, 1.165) is 4.47 Å². The van der Waals surface area contributed by atoms with E-state index in [9.17, 15) is 10.1 Å². The van der Waals surface area contributed by atoms with Crippen LogP contribution in [0.3, 0.4) is 0 Å². The summed E-state index contributed by atoms with van der Waals surface area (Å²) in [5.41, 5.74) is 1.21. The van der Waals surface area contributed by atoms with E-state index in [0.29, 0.717) is 16.5 Å². The van der Waals surface area contributed by atoms with Gasteiger partial charge in [0.15, 0.2) is 0 Å². The van der Waals surface area contributed by atoms with Crippen LogP contribution < -0.4 is 0 Å². The standard InChI is InChI=1S/C13H12BrN3O2/c1-16(2)7-5-9-8-11(14)12-10(4-3-6-15-12)13(9)17(18)19/h3-8H,1-2H3/b7-5+. The fourth-order valence-electron chi connectivity index (χ4n) is 1.78. The molecule has 0 spiro atoms. The Bertz CT molecular complexity index is 668. The van der Waals surface area contributed by atoms with Gasteiger partial charge in [0.25, 0.3) is 5.69 Å². The molecule has 0 bridgehead atoms. The Morgan fingerprint density at radius 3 is 2.84 bits per heavy atom. The molecule has 5 nitrogen and oxygen atoms in total. The molecule has 1 heterocycles. The van der Waals surface area contributed by atoms with E-state index in [2.05, 4.69) is 20.9 Å². The summed E-state index contributed by atoms with van der Waals surface area (Å²) in [6.45, 7) is 0. The van der Waals surface area contributed by atoms with Gasteiger partial charge in [-0.2, -0.15) is 0 Å². The lowest BCUT2D eigenvalue weighted by atomic mass is 10.1. The van der Waals surface area contributed by atoms with Gasteiger partial charge in [-0.25, -0.2) is 0 Å². The molecule has 19 heavy (non-hydrogen) atoms. The maximum atomic E-state index is 11.3. The van der Waals surface area contributed by atoms with E-state index in [-0.39, 0.29) is 10.6 Å². The summed E-state index contributed by atoms with van der Waals surface area (Å²) in [6, 6.07) is 5.12. The molecule has 0 unspecified atom stereocenters. The number of hydrogen-bond acceptors (Lipinski definition) is 4. The van der Waals surface area contributed by atoms with Crippen LogP contribution in [-0.2, 0) is 0 Å². The van der Waals surface area contributed by atoms with Crippen molar-refractivity contribution in [2.24, 2.45) is 0 Å². The first-order chi connectivity index (χ1) is 9.00. The fraction of sp³-hybridized carbons (Fsp3) is 0.154. The van der Waals surface area contributed by atoms with E-state index >= 15 is 0 Å². The van der Waals surface area contributed by atoms with Gasteiger partial charge < -0.3 is 4.90 Å². The van der Waals surface area contributed by atoms with Crippen molar-refractivity contribution in [2.45, 2.75) is 0 Å². The first-order valence-electron chi connectivity index (χ1n) is 5.57. The summed E-state index contributed by atoms with van der Waals surface area (Å²) in [4.78, 5) is 16.9. The summed E-state index contributed by atoms with van der Waals surface area (Å²) in [5.74, 6) is 0. The van der Waals surface area contributed by atoms with E-state index < -0.39 is 0 Å². The van der Waals surface area contributed by atoms with Crippen LogP contribution >= 0.6 is 15.9 Å². The Balaban J connectivity index is 2.76. The number of fused-ring (bicyclic) bond motifs is 1. The highest BCUT2D eigenvalue weighted by molar-refractivity contribution is 9.10. The number of nitro benzene ring substituents is 1. The molecule has 0 aliphatic heterocycles. The lowest BCUT2D eigenvalue weighted by molar-refractivity contribution is -0.383. The van der Waals surface area contributed by atoms with E-state index in [1.54, 1.807) is 36.7 Å². The Hall–Kier alpha value is -1.95. The number of aromatic nitrogens is 1. The number of halogens is 1. The van der Waals surface area contributed by atoms with Crippen LogP contribution in [0.2, 0.25) is 0 Å². The molecule has 2 rings (SSSR count). The Kier molecular flexibility index (Phi) is 3.80. The number of rotatable bonds is 3. The zero-order valence-electron chi connectivity index (χ0n) is 10.5. The molecule has 0 aliphatic carbocycles. The van der Waals surface area contributed by atoms with Gasteiger partial charge in [-0.3, -0.25) is 15.1 Å². The van der Waals surface area contributed by atoms with Crippen LogP contribution in [0.1, 0.15) is 5.56 Å². The second-order valence-corrected chi connectivity index (χ2v) is 5.09. The van der Waals surface area contributed by atoms with E-state index in [1.165, 1.54) is 0 Å². The van der Waals surface area contributed by atoms with Crippen molar-refractivity contribution in [2.75, 3.05) is 14.1 Å². The van der Waals surface area contributed by atoms with Crippen molar-refractivity contribution in [3.63, 3.8) is 0 Å². The zero-order valence-corrected chi connectivity index (χ0v) is 12.1. The van der Waals surface area contributed by atoms with Crippen molar-refractivity contribution >= 4 is 38.6 Å². The van der Waals surface area contributed by atoms with Crippen molar-refractivity contribution in [3.8, 4) is 0 Å². The third-order valence-electron chi connectivity index (χ3n) is 2.58. The van der Waals surface area contributed by atoms with Crippen LogP contribution in [0.25, 0.3) is 17.0 Å². The molecule has 1 aromatic carbocycles. The van der Waals surface area contributed by atoms with Crippen LogP contribution in [-0.4, -0.2) is 28.9 Å². The average Bonchev–Trinajstić information content (AvgIpc) is 2.36. The van der Waals surface area contributed by atoms with Gasteiger partial charge in [0, 0.05) is 24.8 Å². The summed E-state index contributed by atoms with van der Waals surface area (Å²) >= 11 is 3.41. The monoisotopic (exact) mass is 321 g/mol. The Morgan fingerprint density at radius 2 is 2.21 bits per heavy atom. The molecule has 2 aromatic rings. The van der Waals surface area contributed by atoms with Crippen LogP contribution in [0.5, 0.6) is 0 Å². The zero-order chi connectivity index (χ0) is 14.0. The maximum Gasteiger partial charge on any atom is 0.286 e. The molecule has 1 aromatic heterocycles. The number of nitrogens with zero attached hydrogens (tertiary/aromatic N) is 3. The molecule has 0 amide bonds. The SMILES string of the molecule is CN(C)/C=C/c1cc(Br)c2ncccc2c1[N+](=O)[O-]. The van der Waals surface area contributed by atoms with Crippen LogP contribution in [0.4, 0.5) is 5.69 Å². The van der Waals surface area contributed by atoms with Gasteiger partial charge in [0.1, 0.15) is 0 Å². The van der Waals surface area contributed by atoms with E-state index in [4.69, 9.17) is 0 Å². The van der Waals surface area contributed by atoms with Gasteiger partial charge in [-0.15, -0.1) is 0 Å². The molecule has 98 valence electrons. The van der Waals surface area contributed by atoms with Gasteiger partial charge in [-0.05, 0) is 46.4 Å². The predicted octanol–water partition coefficient (Wildman–Crippen LogP) is 3.44. The van der Waals surface area contributed by atoms with Gasteiger partial charge in [-0.1, -0.05) is 0 Å². The van der Waals surface area contributed by atoms with Crippen molar-refractivity contribution in [1.82, 2.24) is 9.88 Å². The molecule has 0 saturated heterocycles. The Labute approximate surface area is 118 Å². The summed E-state index contributed by atoms with van der Waals surface area (Å²) < 4.78 is 0.743. The van der Waals surface area contributed by atoms with E-state index in [1.807, 2.05) is 19.0 Å². The minimum Gasteiger partial charge on any atom is -0.383 e. The second kappa shape index (κ2) is 5.36. The minimum atomic E-state index is -0.369. The summed E-state index contributed by atoms with van der Waals surface area (Å²) in [7, 11) is 3.72. The molecule has 0 N–H and O–H groups in total. The van der Waals surface area contributed by atoms with Gasteiger partial charge >= 0.3 is 0 Å². The molecule has 0 saturated carbocycles. The summed E-state index contributed by atoms with van der Waals surface area (Å²) in [5, 5.41) is 11.8. The Morgan fingerprint density at radius 1 is 1.47 bits per heavy atom. The van der Waals surface area contributed by atoms with Crippen LogP contribution in [0.15, 0.2) is 35.1 Å². The molecule has 0 radical (unpaired) electrons. The summed E-state index contributed by atoms with van der Waals surface area (Å²) in [6.07, 6.45) is 5.11. The maximum absolute atomic E-state index is 11.3. The minimum absolute atomic E-state index is 0.0735. The van der Waals surface area contributed by atoms with Crippen molar-refractivity contribution < 1.29 is 4.92 Å². The van der Waals surface area contributed by atoms with Gasteiger partial charge in [0.2, 0.25) is 0 Å². The first-order valence-corrected chi connectivity index (χ1v) is 6.36. The molecule has 6 heteroatoms. The highest BCUT2D eigenvalue weighted by atomic mass is 79.9. The van der Waals surface area contributed by atoms with Crippen LogP contribution in [0, 0.1) is 10.1 Å². The molecular formula is C13H12BrN3O2. The third kappa shape index (κ3) is 2.73. The second-order valence-electron chi connectivity index (χ2n) is 4.23. The van der Waals surface area contributed by atoms with Crippen molar-refractivity contribution in [1.29, 1.82) is 0 Å². The first kappa shape index (κ1) is 13.5. The highest BCUT2D eigenvalue weighted by Gasteiger charge is 2.19. The number of nitro groups is 1. The highest BCUT2D eigenvalue weighted by Crippen LogP contribution is 2.34. The fourth-order valence-corrected chi connectivity index (χ4v) is 2.34. The topological polar surface area (TPSA) is 59.3 Å². The lowest BCUT2D eigenvalue weighted by Gasteiger charge is -2.07. The third-order valence-corrected chi connectivity index (χ3v) is 3.18. The number of pyridine rings is 1. The number of hydrogen-bond donors (Lipinski definition) is 0. The number of benzene rings is 1. The molecular weight excluding hydrogens is 310 g/mol. The van der Waals surface area contributed by atoms with Gasteiger partial charge in [0.05, 0.1) is 21.4 Å². The lowest BCUT2D eigenvalue weighted by Crippen LogP contribution is -2.00. The smallest absolute Gasteiger partial charge is 0.286 e. The quantitative estimate of drug-likeness (QED) is 0.641. The average molecular weight is 322 g/mol. The van der Waals surface area contributed by atoms with Crippen molar-refractivity contribution in [3.05, 3.63) is 50.7 Å². The largest absolute Gasteiger partial charge is 0.383 e. The predicted molar refractivity (Wildman–Crippen MR) is 78.8 cm³/mol. The molecule has 0 aliphatic rings. The normalized spacial score (nSPS) is 11.1. The molecule has 0 atom stereocenters.